The van der Waals surface area contributed by atoms with E-state index in [-0.39, 0.29) is 42.0 Å². The van der Waals surface area contributed by atoms with Gasteiger partial charge in [0.25, 0.3) is 0 Å². The quantitative estimate of drug-likeness (QED) is 0.451. The van der Waals surface area contributed by atoms with E-state index < -0.39 is 52.0 Å². The Labute approximate surface area is 224 Å². The third-order valence-electron chi connectivity index (χ3n) is 7.93. The van der Waals surface area contributed by atoms with Gasteiger partial charge in [-0.2, -0.15) is 22.5 Å². The van der Waals surface area contributed by atoms with Crippen LogP contribution in [0.15, 0.2) is 35.2 Å². The van der Waals surface area contributed by atoms with Crippen molar-refractivity contribution >= 4 is 15.9 Å². The fourth-order valence-electron chi connectivity index (χ4n) is 4.87. The van der Waals surface area contributed by atoms with Crippen molar-refractivity contribution in [3.63, 3.8) is 0 Å². The lowest BCUT2D eigenvalue weighted by Gasteiger charge is -2.27. The number of hydrogen-bond donors (Lipinski definition) is 1. The second kappa shape index (κ2) is 9.99. The van der Waals surface area contributed by atoms with E-state index in [4.69, 9.17) is 4.74 Å². The molecular weight excluding hydrogens is 540 g/mol. The Kier molecular flexibility index (Phi) is 7.11. The van der Waals surface area contributed by atoms with Crippen molar-refractivity contribution in [3.8, 4) is 5.88 Å². The van der Waals surface area contributed by atoms with Crippen LogP contribution >= 0.6 is 0 Å². The first kappa shape index (κ1) is 27.8. The average molecular weight is 571 g/mol. The highest BCUT2D eigenvalue weighted by atomic mass is 32.2. The molecule has 0 bridgehead atoms. The molecule has 1 amide bonds. The molecule has 3 atom stereocenters. The Morgan fingerprint density at radius 3 is 2.41 bits per heavy atom. The zero-order chi connectivity index (χ0) is 28.2. The van der Waals surface area contributed by atoms with E-state index in [1.165, 1.54) is 18.2 Å². The summed E-state index contributed by atoms with van der Waals surface area (Å²) >= 11 is 0. The molecule has 2 aliphatic carbocycles. The van der Waals surface area contributed by atoms with E-state index in [0.29, 0.717) is 17.9 Å². The van der Waals surface area contributed by atoms with Crippen molar-refractivity contribution in [2.75, 3.05) is 6.61 Å². The highest BCUT2D eigenvalue weighted by Gasteiger charge is 2.64. The number of benzene rings is 1. The third kappa shape index (κ3) is 5.60. The fraction of sp³-hybridized carbons (Fsp3) is 0.577. The predicted molar refractivity (Wildman–Crippen MR) is 132 cm³/mol. The highest BCUT2D eigenvalue weighted by molar-refractivity contribution is 7.89. The van der Waals surface area contributed by atoms with Crippen LogP contribution in [-0.4, -0.2) is 53.5 Å². The van der Waals surface area contributed by atoms with Crippen LogP contribution in [0.1, 0.15) is 63.4 Å². The van der Waals surface area contributed by atoms with Gasteiger partial charge in [-0.3, -0.25) is 4.79 Å². The smallest absolute Gasteiger partial charge is 0.397 e. The zero-order valence-electron chi connectivity index (χ0n) is 21.5. The summed E-state index contributed by atoms with van der Waals surface area (Å²) in [6.45, 7) is 2.97. The van der Waals surface area contributed by atoms with Gasteiger partial charge in [0.05, 0.1) is 17.1 Å². The molecule has 39 heavy (non-hydrogen) atoms. The molecule has 1 aromatic carbocycles. The van der Waals surface area contributed by atoms with Crippen LogP contribution < -0.4 is 10.1 Å². The maximum absolute atomic E-state index is 13.4. The summed E-state index contributed by atoms with van der Waals surface area (Å²) in [5, 5.41) is 2.74. The molecule has 0 spiro atoms. The number of amides is 1. The van der Waals surface area contributed by atoms with Gasteiger partial charge in [-0.15, -0.1) is 0 Å². The van der Waals surface area contributed by atoms with Crippen molar-refractivity contribution < 1.29 is 35.5 Å². The minimum Gasteiger partial charge on any atom is -0.477 e. The molecule has 0 unspecified atom stereocenters. The molecule has 212 valence electrons. The van der Waals surface area contributed by atoms with Crippen LogP contribution in [0.5, 0.6) is 5.88 Å². The molecule has 1 aromatic heterocycles. The van der Waals surface area contributed by atoms with Gasteiger partial charge >= 0.3 is 6.18 Å². The lowest BCUT2D eigenvalue weighted by Crippen LogP contribution is -2.48. The molecule has 3 fully saturated rings. The minimum atomic E-state index is -4.36. The van der Waals surface area contributed by atoms with Gasteiger partial charge in [0.15, 0.2) is 0 Å². The fourth-order valence-corrected chi connectivity index (χ4v) is 6.76. The third-order valence-corrected chi connectivity index (χ3v) is 9.94. The van der Waals surface area contributed by atoms with Crippen LogP contribution in [0.3, 0.4) is 0 Å². The monoisotopic (exact) mass is 570 g/mol. The van der Waals surface area contributed by atoms with E-state index in [9.17, 15) is 30.8 Å². The molecule has 1 saturated heterocycles. The topological polar surface area (TPSA) is 101 Å². The standard InChI is InChI=1S/C26H30F4N4O4S/c1-15-11-21(34(16(15)2)39(36,37)20-7-5-18(27)6-8-20)24(35)31-13-19-12-22(33-23(32-19)17-3-4-17)38-14-25(9-10-25)26(28,29)30/h5-8,12,15-17,21H,3-4,9-11,13-14H2,1-2H3,(H,31,35)/t15-,16+,21+/m1/s1. The first-order valence-corrected chi connectivity index (χ1v) is 14.4. The van der Waals surface area contributed by atoms with Gasteiger partial charge in [0, 0.05) is 18.0 Å². The van der Waals surface area contributed by atoms with E-state index in [2.05, 4.69) is 15.3 Å². The van der Waals surface area contributed by atoms with Gasteiger partial charge in [-0.25, -0.2) is 17.8 Å². The van der Waals surface area contributed by atoms with Crippen LogP contribution in [0.4, 0.5) is 17.6 Å². The number of ether oxygens (including phenoxy) is 1. The summed E-state index contributed by atoms with van der Waals surface area (Å²) in [7, 11) is -4.09. The van der Waals surface area contributed by atoms with Gasteiger partial charge in [0.2, 0.25) is 21.8 Å². The molecular formula is C26H30F4N4O4S. The lowest BCUT2D eigenvalue weighted by molar-refractivity contribution is -0.194. The number of alkyl halides is 3. The number of hydrogen-bond acceptors (Lipinski definition) is 6. The molecule has 5 rings (SSSR count). The first-order chi connectivity index (χ1) is 18.3. The van der Waals surface area contributed by atoms with Crippen LogP contribution in [0, 0.1) is 17.2 Å². The Morgan fingerprint density at radius 1 is 1.15 bits per heavy atom. The molecule has 8 nitrogen and oxygen atoms in total. The molecule has 2 aromatic rings. The first-order valence-electron chi connectivity index (χ1n) is 12.9. The number of rotatable bonds is 9. The van der Waals surface area contributed by atoms with Crippen molar-refractivity contribution in [2.45, 2.75) is 81.6 Å². The van der Waals surface area contributed by atoms with E-state index in [0.717, 1.165) is 29.3 Å². The summed E-state index contributed by atoms with van der Waals surface area (Å²) in [4.78, 5) is 21.9. The minimum absolute atomic E-state index is 0.00947. The summed E-state index contributed by atoms with van der Waals surface area (Å²) in [5.41, 5.74) is -1.49. The van der Waals surface area contributed by atoms with Gasteiger partial charge in [-0.1, -0.05) is 6.92 Å². The molecule has 2 saturated carbocycles. The van der Waals surface area contributed by atoms with E-state index in [1.54, 1.807) is 6.92 Å². The Hall–Kier alpha value is -2.80. The number of nitrogens with one attached hydrogen (secondary N) is 1. The van der Waals surface area contributed by atoms with Crippen molar-refractivity contribution in [3.05, 3.63) is 47.7 Å². The number of nitrogens with zero attached hydrogens (tertiary/aromatic N) is 3. The summed E-state index contributed by atoms with van der Waals surface area (Å²) in [6.07, 6.45) is -2.33. The lowest BCUT2D eigenvalue weighted by atomic mass is 10.0. The van der Waals surface area contributed by atoms with Gasteiger partial charge in [-0.05, 0) is 69.2 Å². The summed E-state index contributed by atoms with van der Waals surface area (Å²) in [6, 6.07) is 4.39. The number of carbonyl (C=O) groups is 1. The van der Waals surface area contributed by atoms with Crippen LogP contribution in [-0.2, 0) is 21.4 Å². The number of halogens is 4. The molecule has 1 N–H and O–H groups in total. The van der Waals surface area contributed by atoms with E-state index >= 15 is 0 Å². The largest absolute Gasteiger partial charge is 0.477 e. The summed E-state index contributed by atoms with van der Waals surface area (Å²) < 4.78 is 86.8. The van der Waals surface area contributed by atoms with Gasteiger partial charge in [0.1, 0.15) is 29.7 Å². The number of sulfonamides is 1. The molecule has 1 aliphatic heterocycles. The molecule has 2 heterocycles. The maximum atomic E-state index is 13.4. The van der Waals surface area contributed by atoms with Crippen molar-refractivity contribution in [2.24, 2.45) is 11.3 Å². The van der Waals surface area contributed by atoms with Crippen molar-refractivity contribution in [1.29, 1.82) is 0 Å². The summed E-state index contributed by atoms with van der Waals surface area (Å²) in [5.74, 6) is -0.642. The van der Waals surface area contributed by atoms with E-state index in [1.807, 2.05) is 6.92 Å². The highest BCUT2D eigenvalue weighted by Crippen LogP contribution is 2.57. The van der Waals surface area contributed by atoms with Crippen LogP contribution in [0.2, 0.25) is 0 Å². The normalized spacial score (nSPS) is 24.9. The average Bonchev–Trinajstić information content (AvgIpc) is 3.79. The predicted octanol–water partition coefficient (Wildman–Crippen LogP) is 4.32. The molecule has 3 aliphatic rings. The maximum Gasteiger partial charge on any atom is 0.397 e. The zero-order valence-corrected chi connectivity index (χ0v) is 22.4. The Morgan fingerprint density at radius 2 is 1.82 bits per heavy atom. The second-order valence-corrected chi connectivity index (χ2v) is 12.7. The Balaban J connectivity index is 1.31. The number of aromatic nitrogens is 2. The second-order valence-electron chi connectivity index (χ2n) is 10.9. The number of carbonyl (C=O) groups excluding carboxylic acids is 1. The Bertz CT molecular complexity index is 1340. The van der Waals surface area contributed by atoms with Crippen molar-refractivity contribution in [1.82, 2.24) is 19.6 Å². The molecule has 0 radical (unpaired) electrons. The van der Waals surface area contributed by atoms with Crippen LogP contribution in [0.25, 0.3) is 0 Å². The molecule has 13 heteroatoms. The SMILES string of the molecule is C[C@@H]1C[C@@H](C(=O)NCc2cc(OCC3(C(F)(F)F)CC3)nc(C3CC3)n2)N(S(=O)(=O)c2ccc(F)cc2)[C@H]1C. The van der Waals surface area contributed by atoms with Gasteiger partial charge < -0.3 is 10.1 Å².